The van der Waals surface area contributed by atoms with Crippen molar-refractivity contribution in [2.75, 3.05) is 26.9 Å². The van der Waals surface area contributed by atoms with E-state index in [2.05, 4.69) is 45.2 Å². The zero-order valence-electron chi connectivity index (χ0n) is 59.9. The molecule has 3 aromatic rings. The third kappa shape index (κ3) is 23.5. The summed E-state index contributed by atoms with van der Waals surface area (Å²) in [6.07, 6.45) is -35.3. The number of hydrogen-bond acceptors (Lipinski definition) is 36. The van der Waals surface area contributed by atoms with Gasteiger partial charge >= 0.3 is 31.2 Å². The third-order valence-corrected chi connectivity index (χ3v) is 20.7. The van der Waals surface area contributed by atoms with Crippen LogP contribution in [0.1, 0.15) is 65.2 Å². The minimum Gasteiger partial charge on any atom is -0.370 e. The van der Waals surface area contributed by atoms with Crippen molar-refractivity contribution in [2.24, 2.45) is 39.0 Å². The van der Waals surface area contributed by atoms with Crippen LogP contribution >= 0.6 is 0 Å². The zero-order valence-corrected chi connectivity index (χ0v) is 62.4. The van der Waals surface area contributed by atoms with Crippen molar-refractivity contribution >= 4 is 31.2 Å². The number of ether oxygens (including phenoxy) is 15. The van der Waals surface area contributed by atoms with Gasteiger partial charge in [-0.15, -0.1) is 0 Å². The smallest absolute Gasteiger partial charge is 0.370 e. The van der Waals surface area contributed by atoms with Crippen LogP contribution < -0.4 is 0 Å². The minimum absolute atomic E-state index is 0.0465. The van der Waals surface area contributed by atoms with Gasteiger partial charge in [-0.2, -0.15) is 39.9 Å². The van der Waals surface area contributed by atoms with E-state index in [0.717, 1.165) is 5.56 Å². The summed E-state index contributed by atoms with van der Waals surface area (Å²) < 4.78 is 214. The molecule has 0 aliphatic carbocycles. The average molecular weight is 1630 g/mol. The second-order valence-electron chi connectivity index (χ2n) is 26.3. The molecule has 0 amide bonds. The summed E-state index contributed by atoms with van der Waals surface area (Å²) in [6, 6.07) is 21.7. The van der Waals surface area contributed by atoms with Gasteiger partial charge in [-0.1, -0.05) is 149 Å². The molecule has 45 nitrogen and oxygen atoms in total. The first-order valence-corrected chi connectivity index (χ1v) is 38.2. The average Bonchev–Trinajstić information content (AvgIpc) is 0.765. The molecule has 6 N–H and O–H groups in total. The first-order chi connectivity index (χ1) is 52.5. The normalized spacial score (nSPS) is 37.1. The molecule has 12 unspecified atom stereocenters. The van der Waals surface area contributed by atoms with E-state index in [1.165, 1.54) is 41.7 Å². The summed E-state index contributed by atoms with van der Waals surface area (Å²) in [5, 5.41) is 54.7. The Morgan fingerprint density at radius 1 is 0.364 bits per heavy atom. The molecule has 9 rings (SSSR count). The molecule has 3 aromatic carbocycles. The van der Waals surface area contributed by atoms with E-state index in [4.69, 9.17) is 98.3 Å². The summed E-state index contributed by atoms with van der Waals surface area (Å²) in [7, 11) is -14.5. The van der Waals surface area contributed by atoms with Crippen molar-refractivity contribution in [3.8, 4) is 0 Å². The lowest BCUT2D eigenvalue weighted by Gasteiger charge is -2.51. The van der Waals surface area contributed by atoms with E-state index in [9.17, 15) is 71.3 Å². The van der Waals surface area contributed by atoms with Gasteiger partial charge in [-0.25, -0.2) is 28.3 Å². The summed E-state index contributed by atoms with van der Waals surface area (Å²) in [5.41, 5.74) is 31.9. The highest BCUT2D eigenvalue weighted by Gasteiger charge is 2.59. The Balaban J connectivity index is 1.02. The molecule has 6 saturated heterocycles. The Morgan fingerprint density at radius 3 is 0.945 bits per heavy atom. The first-order valence-electron chi connectivity index (χ1n) is 34.1. The van der Waals surface area contributed by atoms with Crippen molar-refractivity contribution in [1.29, 1.82) is 0 Å². The molecule has 0 radical (unpaired) electrons. The molecule has 6 heterocycles. The highest BCUT2D eigenvalue weighted by atomic mass is 32.3. The number of benzene rings is 3. The number of methoxy groups -OCH3 is 1. The third-order valence-electron chi connectivity index (χ3n) is 19.4. The number of nitrogens with zero attached hydrogens (tertiary/aromatic N) is 9. The predicted octanol–water partition coefficient (Wildman–Crippen LogP) is 6.13. The van der Waals surface area contributed by atoms with Crippen LogP contribution in [-0.2, 0) is 164 Å². The van der Waals surface area contributed by atoms with Gasteiger partial charge in [-0.05, 0) is 71.8 Å². The Kier molecular flexibility index (Phi) is 32.9. The van der Waals surface area contributed by atoms with Gasteiger partial charge in [0.05, 0.1) is 100 Å². The molecule has 30 atom stereocenters. The van der Waals surface area contributed by atoms with Crippen molar-refractivity contribution < 1.29 is 168 Å². The van der Waals surface area contributed by atoms with Crippen molar-refractivity contribution in [1.82, 2.24) is 0 Å². The SMILES string of the molecule is CO[C@@H]1OC(COS(=O)(=O)O)[C@@H](O[C@@H]2OC(C)[C@@H](O[C@H]3OC(COS(=O)(=O)O)[C@@H](O[C@@H]4OC(C)[C@H](O[C@@H]5OC(COS(=O)(=O)O)[C@@H](O[C@@H]6OC(C)[C@@H](C)[C@@H](OCc7ccccc7)C6OOO)[C@H](C)C5N=[N+]=[N-])[C@@H](OCc5ccccc5)C4OOO)[C@H](C)C3N=[N+]=[N-])[C@@H](OCc3ccccc3)C2OOO)[C@H](C)C1N=[N+]=[N-]. The molecular weight excluding hydrogens is 1540 g/mol. The summed E-state index contributed by atoms with van der Waals surface area (Å²) in [4.78, 5) is 25.3. The highest BCUT2D eigenvalue weighted by molar-refractivity contribution is 7.81. The zero-order chi connectivity index (χ0) is 79.6. The molecule has 6 aliphatic heterocycles. The van der Waals surface area contributed by atoms with E-state index in [1.54, 1.807) is 86.6 Å². The van der Waals surface area contributed by atoms with Crippen molar-refractivity contribution in [2.45, 2.75) is 228 Å². The van der Waals surface area contributed by atoms with E-state index >= 15 is 0 Å². The van der Waals surface area contributed by atoms with Crippen LogP contribution in [0.15, 0.2) is 106 Å². The van der Waals surface area contributed by atoms with Gasteiger partial charge in [-0.3, -0.25) is 13.7 Å². The maximum absolute atomic E-state index is 12.5. The molecule has 0 saturated carbocycles. The largest absolute Gasteiger partial charge is 0.397 e. The van der Waals surface area contributed by atoms with Crippen LogP contribution in [0.3, 0.4) is 0 Å². The Labute approximate surface area is 629 Å². The fraction of sp³-hybridized carbons (Fsp3) is 0.710. The number of azide groups is 3. The van der Waals surface area contributed by atoms with Gasteiger partial charge in [0.2, 0.25) is 0 Å². The van der Waals surface area contributed by atoms with Gasteiger partial charge in [0.25, 0.3) is 0 Å². The number of hydrogen-bond donors (Lipinski definition) is 6. The Hall–Kier alpha value is -5.76. The fourth-order valence-corrected chi connectivity index (χ4v) is 14.8. The minimum atomic E-state index is -5.37. The Bertz CT molecular complexity index is 3860. The first kappa shape index (κ1) is 88.2. The van der Waals surface area contributed by atoms with E-state index in [0.29, 0.717) is 11.1 Å². The molecular formula is C62H87N9O36S3. The molecule has 0 spiro atoms. The standard InChI is InChI=1S/C62H87N9O36S3/c1-30-34(5)91-60(54(102-105-72)49(30)85-24-37-18-12-9-13-19-37)97-47-32(3)44(67-70-64)58(95-41(47)28-89-109(78,79)80)100-51-36(7)93-62(56(104-107-74)53(51)87-26-39-22-16-11-17-23-39)99-48-33(4)45(68-71-65)59(96-42(48)29-90-110(81,82)83)101-50-35(6)92-61(55(103-106-73)52(50)86-25-38-20-14-10-15-21-38)98-46-31(2)43(66-69-63)57(84-8)94-40(46)27-88-108(75,76)77/h9-23,30-36,40-62,72-74H,24-29H2,1-8H3,(H,75,76,77)(H,78,79,80)(H,81,82,83)/t30-,31-,32-,33-,34?,35?,36?,40?,41?,42?,43?,44?,45?,46+,47+,48+,49-,50-,51+,52-,53-,54?,55?,56?,57-,58+,59-,60+,61+,62+/m1/s1. The molecule has 6 aliphatic rings. The van der Waals surface area contributed by atoms with Crippen LogP contribution in [0.5, 0.6) is 0 Å². The lowest BCUT2D eigenvalue weighted by molar-refractivity contribution is -0.536. The second kappa shape index (κ2) is 41.0. The van der Waals surface area contributed by atoms with Gasteiger partial charge in [0.15, 0.2) is 56.1 Å². The molecule has 6 fully saturated rings. The van der Waals surface area contributed by atoms with Gasteiger partial charge in [0, 0.05) is 27.8 Å². The molecule has 48 heteroatoms. The van der Waals surface area contributed by atoms with Crippen LogP contribution in [0, 0.1) is 23.7 Å². The maximum atomic E-state index is 12.5. The lowest BCUT2D eigenvalue weighted by atomic mass is 9.87. The Morgan fingerprint density at radius 2 is 0.645 bits per heavy atom. The summed E-state index contributed by atoms with van der Waals surface area (Å²) in [6.45, 7) is 7.23. The van der Waals surface area contributed by atoms with E-state index < -0.39 is 234 Å². The van der Waals surface area contributed by atoms with E-state index in [-0.39, 0.29) is 19.8 Å². The lowest BCUT2D eigenvalue weighted by Crippen LogP contribution is -2.66. The second-order valence-corrected chi connectivity index (χ2v) is 29.6. The van der Waals surface area contributed by atoms with E-state index in [1.807, 2.05) is 18.2 Å². The highest BCUT2D eigenvalue weighted by Crippen LogP contribution is 2.44. The molecule has 0 aromatic heterocycles. The van der Waals surface area contributed by atoms with Crippen LogP contribution in [0.2, 0.25) is 0 Å². The monoisotopic (exact) mass is 1630 g/mol. The fourth-order valence-electron chi connectivity index (χ4n) is 13.8. The molecule has 0 bridgehead atoms. The summed E-state index contributed by atoms with van der Waals surface area (Å²) in [5.74, 6) is -3.86. The summed E-state index contributed by atoms with van der Waals surface area (Å²) >= 11 is 0. The van der Waals surface area contributed by atoms with Crippen LogP contribution in [0.25, 0.3) is 31.3 Å². The quantitative estimate of drug-likeness (QED) is 0.00937. The van der Waals surface area contributed by atoms with Gasteiger partial charge < -0.3 is 71.1 Å². The molecule has 110 heavy (non-hydrogen) atoms. The van der Waals surface area contributed by atoms with Crippen LogP contribution in [-0.4, -0.2) is 241 Å². The number of rotatable bonds is 38. The predicted molar refractivity (Wildman–Crippen MR) is 359 cm³/mol. The maximum Gasteiger partial charge on any atom is 0.397 e. The van der Waals surface area contributed by atoms with Crippen LogP contribution in [0.4, 0.5) is 0 Å². The van der Waals surface area contributed by atoms with Crippen molar-refractivity contribution in [3.05, 3.63) is 139 Å². The van der Waals surface area contributed by atoms with Gasteiger partial charge in [0.1, 0.15) is 42.7 Å². The topological polar surface area (TPSA) is 592 Å². The van der Waals surface area contributed by atoms with Crippen molar-refractivity contribution in [3.63, 3.8) is 0 Å². The molecule has 614 valence electrons.